The lowest BCUT2D eigenvalue weighted by atomic mass is 9.89. The molecule has 0 unspecified atom stereocenters. The van der Waals surface area contributed by atoms with Crippen molar-refractivity contribution >= 4 is 10.5 Å². The maximum Gasteiger partial charge on any atom is 0.147 e. The fourth-order valence-corrected chi connectivity index (χ4v) is 2.63. The van der Waals surface area contributed by atoms with Crippen LogP contribution in [0.5, 0.6) is 0 Å². The summed E-state index contributed by atoms with van der Waals surface area (Å²) in [6, 6.07) is 6.63. The molecule has 1 rings (SSSR count). The van der Waals surface area contributed by atoms with Crippen molar-refractivity contribution in [1.82, 2.24) is 0 Å². The van der Waals surface area contributed by atoms with Crippen molar-refractivity contribution in [2.45, 2.75) is 32.3 Å². The molecule has 0 fully saturated rings. The molecule has 0 radical (unpaired) electrons. The topological polar surface area (TPSA) is 9.23 Å². The van der Waals surface area contributed by atoms with Gasteiger partial charge >= 0.3 is 0 Å². The zero-order valence-corrected chi connectivity index (χ0v) is 11.0. The Morgan fingerprint density at radius 2 is 1.71 bits per heavy atom. The van der Waals surface area contributed by atoms with Gasteiger partial charge < -0.3 is 4.43 Å². The van der Waals surface area contributed by atoms with Gasteiger partial charge in [-0.05, 0) is 30.5 Å². The zero-order chi connectivity index (χ0) is 10.6. The average Bonchev–Trinajstić information content (AvgIpc) is 2.24. The molecule has 1 aromatic rings. The van der Waals surface area contributed by atoms with Gasteiger partial charge in [0, 0.05) is 0 Å². The highest BCUT2D eigenvalue weighted by Gasteiger charge is 2.26. The first-order valence-corrected chi connectivity index (χ1v) is 5.81. The Morgan fingerprint density at radius 3 is 2.07 bits per heavy atom. The van der Waals surface area contributed by atoms with Crippen LogP contribution in [-0.2, 0) is 10.0 Å². The summed E-state index contributed by atoms with van der Waals surface area (Å²) in [5.41, 5.74) is 0.888. The molecule has 0 aliphatic heterocycles. The molecule has 0 saturated carbocycles. The normalized spacial score (nSPS) is 11.9. The molecular weight excluding hydrogens is 195 g/mol. The lowest BCUT2D eigenvalue weighted by molar-refractivity contribution is 0.0685. The van der Waals surface area contributed by atoms with Gasteiger partial charge in [0.05, 0.1) is 5.60 Å². The Labute approximate surface area is 87.8 Å². The third-order valence-corrected chi connectivity index (χ3v) is 3.68. The van der Waals surface area contributed by atoms with E-state index in [9.17, 15) is 4.39 Å². The van der Waals surface area contributed by atoms with Crippen molar-refractivity contribution in [1.29, 1.82) is 0 Å². The van der Waals surface area contributed by atoms with Crippen LogP contribution in [0.25, 0.3) is 0 Å². The molecule has 0 aliphatic rings. The van der Waals surface area contributed by atoms with E-state index >= 15 is 0 Å². The molecule has 0 aromatic heterocycles. The largest absolute Gasteiger partial charge is 0.418 e. The van der Waals surface area contributed by atoms with Crippen molar-refractivity contribution in [3.63, 3.8) is 0 Å². The van der Waals surface area contributed by atoms with Crippen LogP contribution >= 0.6 is 0 Å². The van der Waals surface area contributed by atoms with Crippen molar-refractivity contribution in [3.05, 3.63) is 35.6 Å². The van der Waals surface area contributed by atoms with Gasteiger partial charge in [-0.15, -0.1) is 0 Å². The SMILES string of the molecule is CCC(CC)(O[SiH3])c1ccc(F)cc1. The monoisotopic (exact) mass is 212 g/mol. The van der Waals surface area contributed by atoms with Crippen molar-refractivity contribution in [2.24, 2.45) is 0 Å². The number of rotatable bonds is 4. The lowest BCUT2D eigenvalue weighted by Crippen LogP contribution is -2.27. The fraction of sp³-hybridized carbons (Fsp3) is 0.455. The minimum absolute atomic E-state index is 0.191. The van der Waals surface area contributed by atoms with Gasteiger partial charge in [-0.25, -0.2) is 4.39 Å². The first-order valence-electron chi connectivity index (χ1n) is 4.99. The Bertz CT molecular complexity index is 272. The molecule has 3 heteroatoms. The van der Waals surface area contributed by atoms with Gasteiger partial charge in [0.25, 0.3) is 0 Å². The Kier molecular flexibility index (Phi) is 3.83. The highest BCUT2D eigenvalue weighted by Crippen LogP contribution is 2.31. The van der Waals surface area contributed by atoms with Gasteiger partial charge in [0.15, 0.2) is 0 Å². The van der Waals surface area contributed by atoms with Crippen LogP contribution in [0.1, 0.15) is 32.3 Å². The molecule has 0 amide bonds. The highest BCUT2D eigenvalue weighted by atomic mass is 28.2. The Balaban J connectivity index is 3.05. The summed E-state index contributed by atoms with van der Waals surface area (Å²) in [5, 5.41) is 0. The molecule has 0 bridgehead atoms. The van der Waals surface area contributed by atoms with Crippen molar-refractivity contribution < 1.29 is 8.82 Å². The number of benzene rings is 1. The first kappa shape index (κ1) is 11.4. The molecule has 1 aromatic carbocycles. The first-order chi connectivity index (χ1) is 6.68. The van der Waals surface area contributed by atoms with Gasteiger partial charge in [-0.2, -0.15) is 0 Å². The molecule has 0 heterocycles. The van der Waals surface area contributed by atoms with Crippen LogP contribution in [-0.4, -0.2) is 10.5 Å². The highest BCUT2D eigenvalue weighted by molar-refractivity contribution is 5.98. The van der Waals surface area contributed by atoms with E-state index in [1.165, 1.54) is 12.1 Å². The molecule has 14 heavy (non-hydrogen) atoms. The molecule has 0 spiro atoms. The maximum atomic E-state index is 12.8. The predicted octanol–water partition coefficient (Wildman–Crippen LogP) is 2.14. The predicted molar refractivity (Wildman–Crippen MR) is 59.7 cm³/mol. The molecule has 0 saturated heterocycles. The van der Waals surface area contributed by atoms with E-state index in [4.69, 9.17) is 4.43 Å². The molecule has 0 aliphatic carbocycles. The second-order valence-corrected chi connectivity index (χ2v) is 3.82. The van der Waals surface area contributed by atoms with E-state index in [-0.39, 0.29) is 11.4 Å². The van der Waals surface area contributed by atoms with Crippen LogP contribution in [0, 0.1) is 5.82 Å². The fourth-order valence-electron chi connectivity index (χ4n) is 1.82. The standard InChI is InChI=1S/C11H17FOSi/c1-3-11(4-2,13-14)9-5-7-10(12)8-6-9/h5-8H,3-4H2,1-2,14H3. The van der Waals surface area contributed by atoms with E-state index in [2.05, 4.69) is 13.8 Å². The number of halogens is 1. The van der Waals surface area contributed by atoms with E-state index in [1.807, 2.05) is 12.1 Å². The summed E-state index contributed by atoms with van der Waals surface area (Å²) in [6.07, 6.45) is 1.86. The van der Waals surface area contributed by atoms with Crippen LogP contribution < -0.4 is 0 Å². The van der Waals surface area contributed by atoms with Crippen LogP contribution in [0.4, 0.5) is 4.39 Å². The van der Waals surface area contributed by atoms with Crippen LogP contribution in [0.2, 0.25) is 0 Å². The van der Waals surface area contributed by atoms with Gasteiger partial charge in [-0.3, -0.25) is 0 Å². The second-order valence-electron chi connectivity index (χ2n) is 3.41. The number of hydrogen-bond donors (Lipinski definition) is 0. The maximum absolute atomic E-state index is 12.8. The molecule has 0 atom stereocenters. The lowest BCUT2D eigenvalue weighted by Gasteiger charge is -2.31. The quantitative estimate of drug-likeness (QED) is 0.695. The van der Waals surface area contributed by atoms with Gasteiger partial charge in [-0.1, -0.05) is 26.0 Å². The van der Waals surface area contributed by atoms with Crippen molar-refractivity contribution in [2.75, 3.05) is 0 Å². The zero-order valence-electron chi connectivity index (χ0n) is 9.01. The third-order valence-electron chi connectivity index (χ3n) is 2.90. The Morgan fingerprint density at radius 1 is 1.21 bits per heavy atom. The number of hydrogen-bond acceptors (Lipinski definition) is 1. The summed E-state index contributed by atoms with van der Waals surface area (Å²) in [4.78, 5) is 0. The molecular formula is C11H17FOSi. The van der Waals surface area contributed by atoms with E-state index in [0.29, 0.717) is 10.5 Å². The van der Waals surface area contributed by atoms with Gasteiger partial charge in [0.2, 0.25) is 0 Å². The summed E-state index contributed by atoms with van der Waals surface area (Å²) >= 11 is 0. The summed E-state index contributed by atoms with van der Waals surface area (Å²) in [7, 11) is 0.705. The third kappa shape index (κ3) is 2.04. The van der Waals surface area contributed by atoms with Crippen molar-refractivity contribution in [3.8, 4) is 0 Å². The summed E-state index contributed by atoms with van der Waals surface area (Å²) in [5.74, 6) is -0.191. The van der Waals surface area contributed by atoms with Crippen LogP contribution in [0.3, 0.4) is 0 Å². The average molecular weight is 212 g/mol. The molecule has 1 nitrogen and oxygen atoms in total. The van der Waals surface area contributed by atoms with Crippen LogP contribution in [0.15, 0.2) is 24.3 Å². The van der Waals surface area contributed by atoms with E-state index in [0.717, 1.165) is 18.4 Å². The second kappa shape index (κ2) is 4.71. The molecule has 0 N–H and O–H groups in total. The summed E-state index contributed by atoms with van der Waals surface area (Å²) in [6.45, 7) is 4.20. The minimum atomic E-state index is -0.195. The summed E-state index contributed by atoms with van der Waals surface area (Å²) < 4.78 is 18.4. The van der Waals surface area contributed by atoms with E-state index in [1.54, 1.807) is 0 Å². The molecule has 78 valence electrons. The minimum Gasteiger partial charge on any atom is -0.418 e. The van der Waals surface area contributed by atoms with E-state index < -0.39 is 0 Å². The van der Waals surface area contributed by atoms with Gasteiger partial charge in [0.1, 0.15) is 16.3 Å². The smallest absolute Gasteiger partial charge is 0.147 e. The Hall–Kier alpha value is -0.673.